The molecule has 0 amide bonds. The first-order valence-corrected chi connectivity index (χ1v) is 12.8. The first-order chi connectivity index (χ1) is 18.0. The number of H-pyrrole nitrogens is 2. The van der Waals surface area contributed by atoms with Gasteiger partial charge in [-0.1, -0.05) is 0 Å². The molecule has 1 unspecified atom stereocenters. The van der Waals surface area contributed by atoms with Gasteiger partial charge >= 0.3 is 6.16 Å². The number of rotatable bonds is 6. The molecule has 2 aliphatic rings. The van der Waals surface area contributed by atoms with Crippen molar-refractivity contribution in [3.05, 3.63) is 59.1 Å². The molecule has 1 aliphatic carbocycles. The number of hydrogen-bond acceptors (Lipinski definition) is 9. The Morgan fingerprint density at radius 3 is 2.97 bits per heavy atom. The molecule has 37 heavy (non-hydrogen) atoms. The lowest BCUT2D eigenvalue weighted by atomic mass is 9.79. The van der Waals surface area contributed by atoms with Crippen LogP contribution in [0.4, 0.5) is 10.5 Å². The van der Waals surface area contributed by atoms with Crippen LogP contribution in [-0.4, -0.2) is 40.6 Å². The van der Waals surface area contributed by atoms with Crippen LogP contribution in [-0.2, 0) is 9.53 Å². The van der Waals surface area contributed by atoms with Gasteiger partial charge in [-0.15, -0.1) is 0 Å². The van der Waals surface area contributed by atoms with Gasteiger partial charge in [-0.3, -0.25) is 4.79 Å². The monoisotopic (exact) mass is 520 g/mol. The lowest BCUT2D eigenvalue weighted by molar-refractivity contribution is -0.116. The highest BCUT2D eigenvalue weighted by atomic mass is 32.2. The normalized spacial score (nSPS) is 16.8. The highest BCUT2D eigenvalue weighted by Crippen LogP contribution is 2.49. The molecule has 3 N–H and O–H groups in total. The van der Waals surface area contributed by atoms with Crippen molar-refractivity contribution in [2.45, 2.75) is 42.4 Å². The summed E-state index contributed by atoms with van der Waals surface area (Å²) in [4.78, 5) is 35.9. The van der Waals surface area contributed by atoms with Gasteiger partial charge in [0.25, 0.3) is 0 Å². The van der Waals surface area contributed by atoms with Crippen LogP contribution in [0.3, 0.4) is 0 Å². The van der Waals surface area contributed by atoms with Gasteiger partial charge in [0.15, 0.2) is 16.0 Å². The molecular weight excluding hydrogens is 496 g/mol. The molecule has 10 nitrogen and oxygen atoms in total. The molecule has 0 bridgehead atoms. The highest BCUT2D eigenvalue weighted by Gasteiger charge is 2.39. The maximum Gasteiger partial charge on any atom is 0.515 e. The molecule has 0 radical (unpaired) electrons. The lowest BCUT2D eigenvalue weighted by Gasteiger charge is -2.31. The Kier molecular flexibility index (Phi) is 5.91. The highest BCUT2D eigenvalue weighted by molar-refractivity contribution is 7.99. The standard InChI is InChI=1S/C26H24N4O6S/c1-3-34-26(32)36-24-23-14(12-27-24)21(22-16(28-23)5-4-6-18(22)31)19-9-10-20(35-19)37-25-29-15-8-7-13(33-2)11-17(15)30-25/h7-12,21,27-28H,3-6H2,1-2H3,(H,29,30). The van der Waals surface area contributed by atoms with E-state index in [1.54, 1.807) is 20.2 Å². The van der Waals surface area contributed by atoms with E-state index in [1.165, 1.54) is 11.8 Å². The molecular formula is C26H24N4O6S. The number of fused-ring (bicyclic) bond motifs is 2. The van der Waals surface area contributed by atoms with Gasteiger partial charge in [-0.25, -0.2) is 9.78 Å². The van der Waals surface area contributed by atoms with Crippen LogP contribution in [0, 0.1) is 0 Å². The number of nitrogens with one attached hydrogen (secondary N) is 3. The molecule has 0 spiro atoms. The summed E-state index contributed by atoms with van der Waals surface area (Å²) < 4.78 is 21.9. The largest absolute Gasteiger partial charge is 0.515 e. The minimum Gasteiger partial charge on any atom is -0.497 e. The Hall–Kier alpha value is -4.12. The number of imidazole rings is 1. The fourth-order valence-corrected chi connectivity index (χ4v) is 5.57. The van der Waals surface area contributed by atoms with Crippen LogP contribution in [0.15, 0.2) is 62.5 Å². The number of carbonyl (C=O) groups excluding carboxylic acids is 2. The Balaban J connectivity index is 1.33. The zero-order chi connectivity index (χ0) is 25.5. The minimum atomic E-state index is -0.801. The van der Waals surface area contributed by atoms with Gasteiger partial charge < -0.3 is 33.9 Å². The van der Waals surface area contributed by atoms with Crippen molar-refractivity contribution < 1.29 is 28.2 Å². The second kappa shape index (κ2) is 9.40. The van der Waals surface area contributed by atoms with E-state index in [9.17, 15) is 9.59 Å². The van der Waals surface area contributed by atoms with Gasteiger partial charge in [0.05, 0.1) is 30.7 Å². The predicted molar refractivity (Wildman–Crippen MR) is 135 cm³/mol. The van der Waals surface area contributed by atoms with E-state index < -0.39 is 12.1 Å². The van der Waals surface area contributed by atoms with E-state index in [0.29, 0.717) is 40.1 Å². The van der Waals surface area contributed by atoms with Crippen LogP contribution in [0.2, 0.25) is 0 Å². The van der Waals surface area contributed by atoms with Crippen molar-refractivity contribution in [1.82, 2.24) is 15.0 Å². The summed E-state index contributed by atoms with van der Waals surface area (Å²) in [5, 5.41) is 4.62. The quantitative estimate of drug-likeness (QED) is 0.272. The summed E-state index contributed by atoms with van der Waals surface area (Å²) in [6, 6.07) is 9.38. The topological polar surface area (TPSA) is 131 Å². The number of aromatic amines is 2. The first kappa shape index (κ1) is 23.3. The summed E-state index contributed by atoms with van der Waals surface area (Å²) in [7, 11) is 1.62. The van der Waals surface area contributed by atoms with E-state index in [2.05, 4.69) is 20.3 Å². The fraction of sp³-hybridized carbons (Fsp3) is 0.269. The average molecular weight is 521 g/mol. The summed E-state index contributed by atoms with van der Waals surface area (Å²) >= 11 is 1.36. The van der Waals surface area contributed by atoms with Crippen LogP contribution >= 0.6 is 11.8 Å². The summed E-state index contributed by atoms with van der Waals surface area (Å²) in [5.74, 6) is 1.24. The van der Waals surface area contributed by atoms with Gasteiger partial charge in [-0.2, -0.15) is 0 Å². The van der Waals surface area contributed by atoms with E-state index >= 15 is 0 Å². The maximum atomic E-state index is 13.1. The third kappa shape index (κ3) is 4.25. The van der Waals surface area contributed by atoms with E-state index in [-0.39, 0.29) is 18.3 Å². The zero-order valence-corrected chi connectivity index (χ0v) is 21.0. The number of Topliss-reactive ketones (excluding diaryl/α,β-unsaturated/α-hetero) is 1. The maximum absolute atomic E-state index is 13.1. The van der Waals surface area contributed by atoms with Gasteiger partial charge in [0, 0.05) is 35.5 Å². The molecule has 3 aromatic heterocycles. The number of hydrogen-bond donors (Lipinski definition) is 3. The summed E-state index contributed by atoms with van der Waals surface area (Å²) in [5.41, 5.74) is 4.54. The number of ketones is 1. The Labute approximate surface area is 215 Å². The third-order valence-electron chi connectivity index (χ3n) is 6.41. The number of benzene rings is 1. The number of aromatic nitrogens is 3. The smallest absolute Gasteiger partial charge is 0.497 e. The van der Waals surface area contributed by atoms with Gasteiger partial charge in [0.2, 0.25) is 5.88 Å². The number of furan rings is 1. The minimum absolute atomic E-state index is 0.0790. The second-order valence-corrected chi connectivity index (χ2v) is 9.64. The van der Waals surface area contributed by atoms with E-state index in [1.807, 2.05) is 30.3 Å². The van der Waals surface area contributed by atoms with E-state index in [0.717, 1.165) is 34.5 Å². The van der Waals surface area contributed by atoms with Crippen LogP contribution < -0.4 is 14.8 Å². The zero-order valence-electron chi connectivity index (χ0n) is 20.2. The third-order valence-corrected chi connectivity index (χ3v) is 7.21. The molecule has 4 aromatic rings. The summed E-state index contributed by atoms with van der Waals surface area (Å²) in [6.45, 7) is 1.91. The number of anilines is 1. The van der Waals surface area contributed by atoms with Crippen molar-refractivity contribution in [3.8, 4) is 11.6 Å². The molecule has 11 heteroatoms. The summed E-state index contributed by atoms with van der Waals surface area (Å²) in [6.07, 6.45) is 2.88. The Morgan fingerprint density at radius 1 is 1.24 bits per heavy atom. The number of nitrogens with zero attached hydrogens (tertiary/aromatic N) is 1. The van der Waals surface area contributed by atoms with Gasteiger partial charge in [0.1, 0.15) is 17.2 Å². The number of allylic oxidation sites excluding steroid dienone is 2. The second-order valence-electron chi connectivity index (χ2n) is 8.64. The number of ether oxygens (including phenoxy) is 3. The molecule has 0 saturated carbocycles. The predicted octanol–water partition coefficient (Wildman–Crippen LogP) is 5.74. The Bertz CT molecular complexity index is 1550. The van der Waals surface area contributed by atoms with Crippen molar-refractivity contribution in [3.63, 3.8) is 0 Å². The van der Waals surface area contributed by atoms with Crippen molar-refractivity contribution in [1.29, 1.82) is 0 Å². The number of methoxy groups -OCH3 is 1. The van der Waals surface area contributed by atoms with Crippen LogP contribution in [0.1, 0.15) is 43.4 Å². The van der Waals surface area contributed by atoms with Crippen molar-refractivity contribution in [2.24, 2.45) is 0 Å². The molecule has 4 heterocycles. The average Bonchev–Trinajstić information content (AvgIpc) is 3.61. The van der Waals surface area contributed by atoms with Gasteiger partial charge in [-0.05, 0) is 55.8 Å². The molecule has 190 valence electrons. The lowest BCUT2D eigenvalue weighted by Crippen LogP contribution is -2.26. The van der Waals surface area contributed by atoms with Crippen molar-refractivity contribution in [2.75, 3.05) is 19.0 Å². The van der Waals surface area contributed by atoms with Crippen LogP contribution in [0.25, 0.3) is 11.0 Å². The molecule has 0 fully saturated rings. The molecule has 1 aliphatic heterocycles. The number of carbonyl (C=O) groups is 2. The fourth-order valence-electron chi connectivity index (χ4n) is 4.80. The molecule has 6 rings (SSSR count). The van der Waals surface area contributed by atoms with E-state index in [4.69, 9.17) is 18.6 Å². The molecule has 1 atom stereocenters. The van der Waals surface area contributed by atoms with Crippen molar-refractivity contribution >= 4 is 40.4 Å². The van der Waals surface area contributed by atoms with Crippen LogP contribution in [0.5, 0.6) is 11.6 Å². The Morgan fingerprint density at radius 2 is 2.14 bits per heavy atom. The molecule has 0 saturated heterocycles. The first-order valence-electron chi connectivity index (χ1n) is 11.9. The SMILES string of the molecule is CCOC(=O)Oc1[nH]cc2c1NC1=C(C(=O)CCC1)C2c1ccc(Sc2nc3ccc(OC)cc3[nH]2)o1. The molecule has 1 aromatic carbocycles.